The number of rotatable bonds is 6. The molecule has 0 saturated carbocycles. The highest BCUT2D eigenvalue weighted by Gasteiger charge is 2.14. The summed E-state index contributed by atoms with van der Waals surface area (Å²) in [4.78, 5) is 15.0. The second-order valence-corrected chi connectivity index (χ2v) is 8.25. The lowest BCUT2D eigenvalue weighted by Crippen LogP contribution is -2.18. The monoisotopic (exact) mass is 421 g/mol. The standard InChI is InChI=1S/C23H27N5OS/c1-16-6-5-7-18(14-16)22-25-26-23(30)28(22)13-10-21(29)24-20-9-8-19(15-17(20)2)27-11-3-4-12-27/h5-9,14-15H,3-4,10-13H2,1-2H3,(H,24,29)(H,26,30). The molecule has 1 fully saturated rings. The van der Waals surface area contributed by atoms with Crippen LogP contribution in [0, 0.1) is 18.6 Å². The van der Waals surface area contributed by atoms with Crippen molar-refractivity contribution in [1.82, 2.24) is 14.8 Å². The van der Waals surface area contributed by atoms with Crippen LogP contribution in [-0.2, 0) is 11.3 Å². The van der Waals surface area contributed by atoms with E-state index < -0.39 is 0 Å². The molecule has 2 aromatic carbocycles. The highest BCUT2D eigenvalue weighted by molar-refractivity contribution is 7.71. The number of nitrogens with zero attached hydrogens (tertiary/aromatic N) is 3. The molecule has 0 atom stereocenters. The Bertz CT molecular complexity index is 1110. The second kappa shape index (κ2) is 8.83. The zero-order valence-electron chi connectivity index (χ0n) is 17.4. The van der Waals surface area contributed by atoms with Crippen molar-refractivity contribution < 1.29 is 4.79 Å². The molecule has 1 aliphatic rings. The SMILES string of the molecule is Cc1cccc(-c2n[nH]c(=S)n2CCC(=O)Nc2ccc(N3CCCC3)cc2C)c1. The molecule has 1 aromatic heterocycles. The van der Waals surface area contributed by atoms with E-state index in [4.69, 9.17) is 12.2 Å². The lowest BCUT2D eigenvalue weighted by atomic mass is 10.1. The summed E-state index contributed by atoms with van der Waals surface area (Å²) in [7, 11) is 0. The largest absolute Gasteiger partial charge is 0.372 e. The van der Waals surface area contributed by atoms with Crippen molar-refractivity contribution in [3.63, 3.8) is 0 Å². The maximum atomic E-state index is 12.6. The van der Waals surface area contributed by atoms with E-state index in [1.165, 1.54) is 18.5 Å². The Balaban J connectivity index is 1.42. The van der Waals surface area contributed by atoms with Crippen molar-refractivity contribution in [1.29, 1.82) is 0 Å². The van der Waals surface area contributed by atoms with E-state index in [2.05, 4.69) is 38.6 Å². The fourth-order valence-corrected chi connectivity index (χ4v) is 4.14. The predicted octanol–water partition coefficient (Wildman–Crippen LogP) is 4.85. The molecule has 4 rings (SSSR count). The molecule has 0 bridgehead atoms. The van der Waals surface area contributed by atoms with E-state index >= 15 is 0 Å². The van der Waals surface area contributed by atoms with Gasteiger partial charge >= 0.3 is 0 Å². The molecule has 3 aromatic rings. The predicted molar refractivity (Wildman–Crippen MR) is 123 cm³/mol. The molecule has 0 radical (unpaired) electrons. The number of aryl methyl sites for hydroxylation is 2. The topological polar surface area (TPSA) is 66.0 Å². The smallest absolute Gasteiger partial charge is 0.226 e. The molecule has 1 amide bonds. The van der Waals surface area contributed by atoms with Crippen molar-refractivity contribution in [2.75, 3.05) is 23.3 Å². The van der Waals surface area contributed by atoms with Gasteiger partial charge in [0.05, 0.1) is 0 Å². The Morgan fingerprint density at radius 1 is 1.17 bits per heavy atom. The maximum Gasteiger partial charge on any atom is 0.226 e. The number of aromatic amines is 1. The first-order valence-electron chi connectivity index (χ1n) is 10.4. The van der Waals surface area contributed by atoms with Crippen LogP contribution >= 0.6 is 12.2 Å². The molecule has 6 nitrogen and oxygen atoms in total. The third-order valence-electron chi connectivity index (χ3n) is 5.55. The molecule has 156 valence electrons. The number of amides is 1. The molecule has 30 heavy (non-hydrogen) atoms. The number of benzene rings is 2. The molecule has 0 spiro atoms. The van der Waals surface area contributed by atoms with Gasteiger partial charge in [-0.3, -0.25) is 14.5 Å². The molecule has 7 heteroatoms. The first-order valence-corrected chi connectivity index (χ1v) is 10.8. The molecule has 1 saturated heterocycles. The number of anilines is 2. The van der Waals surface area contributed by atoms with Crippen LogP contribution in [0.25, 0.3) is 11.4 Å². The van der Waals surface area contributed by atoms with E-state index in [1.807, 2.05) is 42.7 Å². The number of nitrogens with one attached hydrogen (secondary N) is 2. The summed E-state index contributed by atoms with van der Waals surface area (Å²) in [6, 6.07) is 14.3. The van der Waals surface area contributed by atoms with Crippen LogP contribution in [0.3, 0.4) is 0 Å². The van der Waals surface area contributed by atoms with Gasteiger partial charge in [-0.1, -0.05) is 23.8 Å². The van der Waals surface area contributed by atoms with Crippen molar-refractivity contribution in [2.24, 2.45) is 0 Å². The van der Waals surface area contributed by atoms with Gasteiger partial charge in [-0.05, 0) is 68.7 Å². The Kier molecular flexibility index (Phi) is 5.99. The minimum Gasteiger partial charge on any atom is -0.372 e. The third-order valence-corrected chi connectivity index (χ3v) is 5.86. The molecule has 2 N–H and O–H groups in total. The van der Waals surface area contributed by atoms with Crippen molar-refractivity contribution >= 4 is 29.5 Å². The van der Waals surface area contributed by atoms with Gasteiger partial charge < -0.3 is 10.2 Å². The van der Waals surface area contributed by atoms with E-state index in [-0.39, 0.29) is 5.91 Å². The van der Waals surface area contributed by atoms with Gasteiger partial charge in [-0.15, -0.1) is 0 Å². The minimum atomic E-state index is -0.0367. The zero-order chi connectivity index (χ0) is 21.1. The van der Waals surface area contributed by atoms with E-state index in [0.29, 0.717) is 17.7 Å². The number of aromatic nitrogens is 3. The quantitative estimate of drug-likeness (QED) is 0.558. The summed E-state index contributed by atoms with van der Waals surface area (Å²) >= 11 is 5.38. The summed E-state index contributed by atoms with van der Waals surface area (Å²) in [6.45, 7) is 6.77. The first kappa shape index (κ1) is 20.3. The maximum absolute atomic E-state index is 12.6. The molecule has 0 aliphatic carbocycles. The van der Waals surface area contributed by atoms with Crippen LogP contribution in [0.5, 0.6) is 0 Å². The summed E-state index contributed by atoms with van der Waals surface area (Å²) in [6.07, 6.45) is 2.82. The fourth-order valence-electron chi connectivity index (χ4n) is 3.92. The molecular formula is C23H27N5OS. The van der Waals surface area contributed by atoms with Gasteiger partial charge in [0.2, 0.25) is 5.91 Å². The van der Waals surface area contributed by atoms with Gasteiger partial charge in [-0.2, -0.15) is 5.10 Å². The lowest BCUT2D eigenvalue weighted by Gasteiger charge is -2.19. The Hall–Kier alpha value is -2.93. The first-order chi connectivity index (χ1) is 14.5. The van der Waals surface area contributed by atoms with Gasteiger partial charge in [0, 0.05) is 43.0 Å². The average Bonchev–Trinajstić information content (AvgIpc) is 3.38. The van der Waals surface area contributed by atoms with E-state index in [1.54, 1.807) is 0 Å². The normalized spacial score (nSPS) is 13.6. The van der Waals surface area contributed by atoms with Crippen molar-refractivity contribution in [3.8, 4) is 11.4 Å². The number of hydrogen-bond acceptors (Lipinski definition) is 4. The van der Waals surface area contributed by atoms with Crippen LogP contribution < -0.4 is 10.2 Å². The van der Waals surface area contributed by atoms with Gasteiger partial charge in [0.1, 0.15) is 0 Å². The molecule has 2 heterocycles. The Morgan fingerprint density at radius 3 is 2.70 bits per heavy atom. The number of carbonyl (C=O) groups excluding carboxylic acids is 1. The highest BCUT2D eigenvalue weighted by Crippen LogP contribution is 2.26. The number of carbonyl (C=O) groups is 1. The lowest BCUT2D eigenvalue weighted by molar-refractivity contribution is -0.116. The average molecular weight is 422 g/mol. The minimum absolute atomic E-state index is 0.0367. The molecular weight excluding hydrogens is 394 g/mol. The summed E-state index contributed by atoms with van der Waals surface area (Å²) in [5, 5.41) is 10.3. The van der Waals surface area contributed by atoms with E-state index in [0.717, 1.165) is 41.3 Å². The van der Waals surface area contributed by atoms with E-state index in [9.17, 15) is 4.79 Å². The summed E-state index contributed by atoms with van der Waals surface area (Å²) in [5.41, 5.74) is 5.30. The Morgan fingerprint density at radius 2 is 1.97 bits per heavy atom. The van der Waals surface area contributed by atoms with Crippen LogP contribution in [0.4, 0.5) is 11.4 Å². The van der Waals surface area contributed by atoms with Crippen molar-refractivity contribution in [3.05, 3.63) is 58.4 Å². The van der Waals surface area contributed by atoms with Crippen LogP contribution in [0.15, 0.2) is 42.5 Å². The van der Waals surface area contributed by atoms with Crippen molar-refractivity contribution in [2.45, 2.75) is 39.7 Å². The highest BCUT2D eigenvalue weighted by atomic mass is 32.1. The fraction of sp³-hybridized carbons (Fsp3) is 0.348. The van der Waals surface area contributed by atoms with Gasteiger partial charge in [0.15, 0.2) is 10.6 Å². The van der Waals surface area contributed by atoms with Gasteiger partial charge in [-0.25, -0.2) is 0 Å². The second-order valence-electron chi connectivity index (χ2n) is 7.87. The Labute approximate surface area is 181 Å². The summed E-state index contributed by atoms with van der Waals surface area (Å²) < 4.78 is 2.40. The van der Waals surface area contributed by atoms with Crippen LogP contribution in [0.2, 0.25) is 0 Å². The third kappa shape index (κ3) is 4.46. The molecule has 0 unspecified atom stereocenters. The van der Waals surface area contributed by atoms with Gasteiger partial charge in [0.25, 0.3) is 0 Å². The van der Waals surface area contributed by atoms with Crippen LogP contribution in [-0.4, -0.2) is 33.8 Å². The zero-order valence-corrected chi connectivity index (χ0v) is 18.3. The number of H-pyrrole nitrogens is 1. The van der Waals surface area contributed by atoms with Crippen LogP contribution in [0.1, 0.15) is 30.4 Å². The molecule has 1 aliphatic heterocycles. The number of hydrogen-bond donors (Lipinski definition) is 2. The summed E-state index contributed by atoms with van der Waals surface area (Å²) in [5.74, 6) is 0.716.